The number of nitrogens with zero attached hydrogens (tertiary/aromatic N) is 1. The van der Waals surface area contributed by atoms with Crippen molar-refractivity contribution in [3.63, 3.8) is 0 Å². The Morgan fingerprint density at radius 1 is 1.27 bits per heavy atom. The van der Waals surface area contributed by atoms with E-state index in [1.165, 1.54) is 12.6 Å². The predicted molar refractivity (Wildman–Crippen MR) is 53.4 cm³/mol. The average molecular weight is 173 g/mol. The van der Waals surface area contributed by atoms with Crippen molar-refractivity contribution in [3.8, 4) is 0 Å². The zero-order valence-corrected chi connectivity index (χ0v) is 9.09. The largest absolute Gasteiger partial charge is 0.279 e. The van der Waals surface area contributed by atoms with Crippen LogP contribution in [0.1, 0.15) is 34.1 Å². The van der Waals surface area contributed by atoms with Crippen molar-refractivity contribution < 1.29 is 0 Å². The van der Waals surface area contributed by atoms with Crippen LogP contribution in [0.4, 0.5) is 0 Å². The van der Waals surface area contributed by atoms with Gasteiger partial charge in [-0.2, -0.15) is 0 Å². The van der Waals surface area contributed by atoms with Gasteiger partial charge in [-0.25, -0.2) is 0 Å². The van der Waals surface area contributed by atoms with Gasteiger partial charge in [0.1, 0.15) is 0 Å². The van der Waals surface area contributed by atoms with Gasteiger partial charge in [0.2, 0.25) is 0 Å². The Kier molecular flexibility index (Phi) is 3.33. The number of hydrogen-bond acceptors (Lipinski definition) is 1. The lowest BCUT2D eigenvalue weighted by Gasteiger charge is -2.30. The lowest BCUT2D eigenvalue weighted by molar-refractivity contribution is 0.251. The first kappa shape index (κ1) is 9.48. The number of rotatable bonds is 2. The van der Waals surface area contributed by atoms with Gasteiger partial charge in [0.05, 0.1) is 0 Å². The maximum absolute atomic E-state index is 2.67. The molecule has 66 valence electrons. The van der Waals surface area contributed by atoms with Crippen LogP contribution >= 0.6 is 8.73 Å². The van der Waals surface area contributed by atoms with Gasteiger partial charge in [0.25, 0.3) is 0 Å². The summed E-state index contributed by atoms with van der Waals surface area (Å²) < 4.78 is 2.67. The molecule has 0 N–H and O–H groups in total. The second kappa shape index (κ2) is 3.87. The first-order valence-corrected chi connectivity index (χ1v) is 5.80. The molecule has 2 heteroatoms. The highest BCUT2D eigenvalue weighted by molar-refractivity contribution is 7.35. The van der Waals surface area contributed by atoms with Crippen LogP contribution in [-0.4, -0.2) is 22.9 Å². The van der Waals surface area contributed by atoms with Crippen LogP contribution in [0.15, 0.2) is 0 Å². The molecule has 0 spiro atoms. The summed E-state index contributed by atoms with van der Waals surface area (Å²) in [5.74, 6) is 0.840. The van der Waals surface area contributed by atoms with E-state index >= 15 is 0 Å². The van der Waals surface area contributed by atoms with Gasteiger partial charge in [-0.3, -0.25) is 4.67 Å². The van der Waals surface area contributed by atoms with E-state index in [-0.39, 0.29) is 0 Å². The fourth-order valence-electron chi connectivity index (χ4n) is 1.82. The zero-order valence-electron chi connectivity index (χ0n) is 8.09. The standard InChI is InChI=1S/C9H20NP/c1-7(2)9-5-6-11-10(9)8(3)4/h7-9,11H,5-6H2,1-4H3. The van der Waals surface area contributed by atoms with Crippen molar-refractivity contribution in [1.82, 2.24) is 4.67 Å². The van der Waals surface area contributed by atoms with E-state index in [2.05, 4.69) is 32.4 Å². The normalized spacial score (nSPS) is 29.5. The van der Waals surface area contributed by atoms with Crippen LogP contribution in [0.2, 0.25) is 0 Å². The van der Waals surface area contributed by atoms with Gasteiger partial charge in [0.15, 0.2) is 0 Å². The molecule has 0 aromatic rings. The van der Waals surface area contributed by atoms with Crippen LogP contribution in [0.5, 0.6) is 0 Å². The summed E-state index contributed by atoms with van der Waals surface area (Å²) in [6.45, 7) is 9.31. The third kappa shape index (κ3) is 2.16. The van der Waals surface area contributed by atoms with Crippen molar-refractivity contribution >= 4 is 8.73 Å². The molecule has 0 radical (unpaired) electrons. The molecule has 2 atom stereocenters. The molecule has 0 saturated carbocycles. The van der Waals surface area contributed by atoms with Crippen LogP contribution < -0.4 is 0 Å². The minimum atomic E-state index is 0.753. The summed E-state index contributed by atoms with van der Waals surface area (Å²) in [7, 11) is 1.09. The Hall–Kier alpha value is 0.390. The van der Waals surface area contributed by atoms with Crippen LogP contribution in [-0.2, 0) is 0 Å². The highest BCUT2D eigenvalue weighted by Crippen LogP contribution is 2.37. The summed E-state index contributed by atoms with van der Waals surface area (Å²) in [6.07, 6.45) is 2.86. The molecule has 1 aliphatic rings. The number of hydrogen-bond donors (Lipinski definition) is 0. The molecule has 0 bridgehead atoms. The van der Waals surface area contributed by atoms with Gasteiger partial charge in [-0.1, -0.05) is 22.6 Å². The topological polar surface area (TPSA) is 3.24 Å². The zero-order chi connectivity index (χ0) is 8.43. The van der Waals surface area contributed by atoms with E-state index in [1.807, 2.05) is 0 Å². The average Bonchev–Trinajstić information content (AvgIpc) is 2.32. The van der Waals surface area contributed by atoms with Gasteiger partial charge in [-0.15, -0.1) is 0 Å². The van der Waals surface area contributed by atoms with E-state index in [0.717, 1.165) is 26.7 Å². The SMILES string of the molecule is CC(C)C1CCPN1C(C)C. The molecule has 1 aliphatic heterocycles. The molecular weight excluding hydrogens is 153 g/mol. The molecule has 1 saturated heterocycles. The summed E-state index contributed by atoms with van der Waals surface area (Å²) >= 11 is 0. The molecule has 11 heavy (non-hydrogen) atoms. The molecule has 0 aromatic carbocycles. The fraction of sp³-hybridized carbons (Fsp3) is 1.00. The maximum atomic E-state index is 2.67. The Bertz CT molecular complexity index is 109. The smallest absolute Gasteiger partial charge is 0.0161 e. The first-order chi connectivity index (χ1) is 5.13. The summed E-state index contributed by atoms with van der Waals surface area (Å²) in [4.78, 5) is 0. The lowest BCUT2D eigenvalue weighted by Crippen LogP contribution is -2.33. The Balaban J connectivity index is 2.51. The molecule has 1 nitrogen and oxygen atoms in total. The predicted octanol–water partition coefficient (Wildman–Crippen LogP) is 2.72. The monoisotopic (exact) mass is 173 g/mol. The van der Waals surface area contributed by atoms with Gasteiger partial charge >= 0.3 is 0 Å². The van der Waals surface area contributed by atoms with Gasteiger partial charge in [-0.05, 0) is 32.3 Å². The molecule has 0 aromatic heterocycles. The Morgan fingerprint density at radius 3 is 2.27 bits per heavy atom. The maximum Gasteiger partial charge on any atom is 0.0161 e. The van der Waals surface area contributed by atoms with Crippen LogP contribution in [0.25, 0.3) is 0 Å². The first-order valence-electron chi connectivity index (χ1n) is 4.64. The van der Waals surface area contributed by atoms with Crippen LogP contribution in [0.3, 0.4) is 0 Å². The van der Waals surface area contributed by atoms with Crippen molar-refractivity contribution in [2.45, 2.75) is 46.2 Å². The fourth-order valence-corrected chi connectivity index (χ4v) is 3.53. The van der Waals surface area contributed by atoms with Crippen molar-refractivity contribution in [2.24, 2.45) is 5.92 Å². The highest BCUT2D eigenvalue weighted by Gasteiger charge is 2.28. The summed E-state index contributed by atoms with van der Waals surface area (Å²) in [5, 5.41) is 0. The Morgan fingerprint density at radius 2 is 1.91 bits per heavy atom. The molecule has 0 amide bonds. The second-order valence-electron chi connectivity index (χ2n) is 4.01. The van der Waals surface area contributed by atoms with E-state index < -0.39 is 0 Å². The molecular formula is C9H20NP. The molecule has 1 heterocycles. The van der Waals surface area contributed by atoms with Crippen LogP contribution in [0, 0.1) is 5.92 Å². The molecule has 1 rings (SSSR count). The Labute approximate surface area is 72.4 Å². The third-order valence-corrected chi connectivity index (χ3v) is 4.14. The highest BCUT2D eigenvalue weighted by atomic mass is 31.1. The van der Waals surface area contributed by atoms with Gasteiger partial charge < -0.3 is 0 Å². The summed E-state index contributed by atoms with van der Waals surface area (Å²) in [6, 6.07) is 1.62. The quantitative estimate of drug-likeness (QED) is 0.580. The lowest BCUT2D eigenvalue weighted by atomic mass is 10.0. The van der Waals surface area contributed by atoms with E-state index in [9.17, 15) is 0 Å². The third-order valence-electron chi connectivity index (χ3n) is 2.42. The van der Waals surface area contributed by atoms with Crippen molar-refractivity contribution in [3.05, 3.63) is 0 Å². The molecule has 2 unspecified atom stereocenters. The van der Waals surface area contributed by atoms with E-state index in [1.54, 1.807) is 0 Å². The van der Waals surface area contributed by atoms with E-state index in [0.29, 0.717) is 0 Å². The molecule has 0 aliphatic carbocycles. The van der Waals surface area contributed by atoms with Crippen molar-refractivity contribution in [1.29, 1.82) is 0 Å². The van der Waals surface area contributed by atoms with Crippen molar-refractivity contribution in [2.75, 3.05) is 6.16 Å². The summed E-state index contributed by atoms with van der Waals surface area (Å²) in [5.41, 5.74) is 0. The second-order valence-corrected chi connectivity index (χ2v) is 5.34. The minimum absolute atomic E-state index is 0.753. The minimum Gasteiger partial charge on any atom is -0.279 e. The molecule has 1 fully saturated rings. The van der Waals surface area contributed by atoms with Gasteiger partial charge in [0, 0.05) is 12.1 Å². The van der Waals surface area contributed by atoms with E-state index in [4.69, 9.17) is 0 Å².